The molecule has 3 rings (SSSR count). The van der Waals surface area contributed by atoms with Gasteiger partial charge >= 0.3 is 0 Å². The van der Waals surface area contributed by atoms with Gasteiger partial charge in [-0.05, 0) is 50.6 Å². The minimum absolute atomic E-state index is 0.201. The van der Waals surface area contributed by atoms with Crippen molar-refractivity contribution in [3.63, 3.8) is 0 Å². The number of carbonyl (C=O) groups excluding carboxylic acids is 1. The van der Waals surface area contributed by atoms with Crippen LogP contribution in [-0.4, -0.2) is 52.6 Å². The van der Waals surface area contributed by atoms with E-state index in [4.69, 9.17) is 9.47 Å². The SMILES string of the molecule is COc1ccc(S(=O)N2CCOc3ncc(C(=O)NC(C)(C)CO)cc32)cc1C. The summed E-state index contributed by atoms with van der Waals surface area (Å²) < 4.78 is 25.8. The molecule has 0 bridgehead atoms. The Kier molecular flexibility index (Phi) is 6.09. The Morgan fingerprint density at radius 3 is 2.83 bits per heavy atom. The summed E-state index contributed by atoms with van der Waals surface area (Å²) in [5, 5.41) is 12.1. The van der Waals surface area contributed by atoms with Crippen LogP contribution in [0.3, 0.4) is 0 Å². The van der Waals surface area contributed by atoms with Gasteiger partial charge in [0.15, 0.2) is 11.0 Å². The Morgan fingerprint density at radius 1 is 1.41 bits per heavy atom. The van der Waals surface area contributed by atoms with Crippen molar-refractivity contribution in [1.82, 2.24) is 10.3 Å². The highest BCUT2D eigenvalue weighted by atomic mass is 32.2. The molecule has 0 radical (unpaired) electrons. The van der Waals surface area contributed by atoms with E-state index in [1.165, 1.54) is 6.20 Å². The second-order valence-corrected chi connectivity index (χ2v) is 8.79. The average Bonchev–Trinajstić information content (AvgIpc) is 2.72. The van der Waals surface area contributed by atoms with E-state index in [-0.39, 0.29) is 12.5 Å². The quantitative estimate of drug-likeness (QED) is 0.741. The monoisotopic (exact) mass is 419 g/mol. The first-order valence-electron chi connectivity index (χ1n) is 9.16. The zero-order valence-electron chi connectivity index (χ0n) is 16.9. The van der Waals surface area contributed by atoms with Crippen molar-refractivity contribution in [3.8, 4) is 11.6 Å². The largest absolute Gasteiger partial charge is 0.496 e. The Balaban J connectivity index is 1.92. The number of amides is 1. The number of anilines is 1. The van der Waals surface area contributed by atoms with Gasteiger partial charge < -0.3 is 19.9 Å². The Bertz CT molecular complexity index is 948. The standard InChI is InChI=1S/C20H25N3O5S/c1-13-9-15(5-6-17(13)27-4)29(26)23-7-8-28-19-16(23)10-14(11-21-19)18(25)22-20(2,3)12-24/h5-6,9-11,24H,7-8,12H2,1-4H3,(H,22,25). The van der Waals surface area contributed by atoms with E-state index >= 15 is 0 Å². The highest BCUT2D eigenvalue weighted by molar-refractivity contribution is 7.86. The summed E-state index contributed by atoms with van der Waals surface area (Å²) >= 11 is 0. The Morgan fingerprint density at radius 2 is 2.17 bits per heavy atom. The lowest BCUT2D eigenvalue weighted by Crippen LogP contribution is -2.46. The number of aliphatic hydroxyl groups is 1. The third-order valence-electron chi connectivity index (χ3n) is 4.51. The van der Waals surface area contributed by atoms with Crippen molar-refractivity contribution >= 4 is 22.6 Å². The second-order valence-electron chi connectivity index (χ2n) is 7.38. The molecule has 1 atom stereocenters. The normalized spacial score (nSPS) is 14.6. The number of rotatable bonds is 6. The van der Waals surface area contributed by atoms with Crippen LogP contribution in [0, 0.1) is 6.92 Å². The van der Waals surface area contributed by atoms with Gasteiger partial charge in [-0.2, -0.15) is 0 Å². The molecule has 1 aliphatic heterocycles. The number of fused-ring (bicyclic) bond motifs is 1. The molecule has 1 amide bonds. The van der Waals surface area contributed by atoms with Crippen LogP contribution in [0.2, 0.25) is 0 Å². The van der Waals surface area contributed by atoms with E-state index in [9.17, 15) is 14.1 Å². The van der Waals surface area contributed by atoms with Gasteiger partial charge in [0, 0.05) is 6.20 Å². The van der Waals surface area contributed by atoms with Gasteiger partial charge in [0.05, 0.1) is 36.3 Å². The number of methoxy groups -OCH3 is 1. The number of pyridine rings is 1. The molecule has 2 aromatic rings. The van der Waals surface area contributed by atoms with Gasteiger partial charge in [-0.3, -0.25) is 9.10 Å². The topological polar surface area (TPSA) is 101 Å². The number of hydrogen-bond donors (Lipinski definition) is 2. The number of hydrogen-bond acceptors (Lipinski definition) is 6. The van der Waals surface area contributed by atoms with E-state index < -0.39 is 16.5 Å². The lowest BCUT2D eigenvalue weighted by atomic mass is 10.1. The zero-order valence-corrected chi connectivity index (χ0v) is 17.7. The van der Waals surface area contributed by atoms with E-state index in [1.807, 2.05) is 13.0 Å². The van der Waals surface area contributed by atoms with Crippen LogP contribution in [-0.2, 0) is 11.0 Å². The van der Waals surface area contributed by atoms with Crippen LogP contribution in [0.1, 0.15) is 29.8 Å². The van der Waals surface area contributed by atoms with Crippen LogP contribution in [0.5, 0.6) is 11.6 Å². The first kappa shape index (κ1) is 21.1. The molecule has 0 fully saturated rings. The van der Waals surface area contributed by atoms with Gasteiger partial charge in [-0.25, -0.2) is 9.19 Å². The number of nitrogens with zero attached hydrogens (tertiary/aromatic N) is 2. The summed E-state index contributed by atoms with van der Waals surface area (Å²) in [4.78, 5) is 17.4. The summed E-state index contributed by atoms with van der Waals surface area (Å²) in [7, 11) is 0.0830. The van der Waals surface area contributed by atoms with E-state index in [0.29, 0.717) is 35.2 Å². The van der Waals surface area contributed by atoms with Gasteiger partial charge in [-0.15, -0.1) is 0 Å². The summed E-state index contributed by atoms with van der Waals surface area (Å²) in [6.07, 6.45) is 1.41. The van der Waals surface area contributed by atoms with Crippen molar-refractivity contribution in [2.45, 2.75) is 31.2 Å². The molecule has 9 heteroatoms. The maximum Gasteiger partial charge on any atom is 0.253 e. The number of benzene rings is 1. The Labute approximate surface area is 172 Å². The molecule has 0 saturated heterocycles. The molecule has 1 aromatic heterocycles. The molecule has 2 N–H and O–H groups in total. The molecule has 0 saturated carbocycles. The number of nitrogens with one attached hydrogen (secondary N) is 1. The smallest absolute Gasteiger partial charge is 0.253 e. The first-order valence-corrected chi connectivity index (χ1v) is 10.3. The summed E-state index contributed by atoms with van der Waals surface area (Å²) in [6.45, 7) is 5.84. The lowest BCUT2D eigenvalue weighted by molar-refractivity contribution is 0.0869. The molecule has 29 heavy (non-hydrogen) atoms. The summed E-state index contributed by atoms with van der Waals surface area (Å²) in [6, 6.07) is 6.96. The lowest BCUT2D eigenvalue weighted by Gasteiger charge is -2.30. The van der Waals surface area contributed by atoms with Crippen LogP contribution in [0.25, 0.3) is 0 Å². The number of aromatic nitrogens is 1. The van der Waals surface area contributed by atoms with Crippen molar-refractivity contribution in [1.29, 1.82) is 0 Å². The van der Waals surface area contributed by atoms with E-state index in [1.54, 1.807) is 43.5 Å². The van der Waals surface area contributed by atoms with Gasteiger partial charge in [0.2, 0.25) is 5.88 Å². The van der Waals surface area contributed by atoms with Crippen LogP contribution in [0.15, 0.2) is 35.4 Å². The second kappa shape index (κ2) is 8.38. The van der Waals surface area contributed by atoms with Crippen molar-refractivity contribution in [2.24, 2.45) is 0 Å². The van der Waals surface area contributed by atoms with Crippen LogP contribution < -0.4 is 19.1 Å². The highest BCUT2D eigenvalue weighted by Crippen LogP contribution is 2.33. The number of ether oxygens (including phenoxy) is 2. The average molecular weight is 420 g/mol. The fraction of sp³-hybridized carbons (Fsp3) is 0.400. The summed E-state index contributed by atoms with van der Waals surface area (Å²) in [5.74, 6) is 0.670. The number of aliphatic hydroxyl groups excluding tert-OH is 1. The molecule has 156 valence electrons. The predicted molar refractivity (Wildman–Crippen MR) is 110 cm³/mol. The minimum Gasteiger partial charge on any atom is -0.496 e. The Hall–Kier alpha value is -2.65. The van der Waals surface area contributed by atoms with Gasteiger partial charge in [-0.1, -0.05) is 0 Å². The molecule has 8 nitrogen and oxygen atoms in total. The molecule has 0 aliphatic carbocycles. The molecule has 0 spiro atoms. The van der Waals surface area contributed by atoms with Crippen molar-refractivity contribution in [3.05, 3.63) is 41.6 Å². The van der Waals surface area contributed by atoms with Gasteiger partial charge in [0.25, 0.3) is 5.91 Å². The molecule has 1 unspecified atom stereocenters. The zero-order chi connectivity index (χ0) is 21.2. The first-order chi connectivity index (χ1) is 13.8. The minimum atomic E-state index is -1.51. The van der Waals surface area contributed by atoms with Crippen molar-refractivity contribution in [2.75, 3.05) is 31.2 Å². The third kappa shape index (κ3) is 4.51. The predicted octanol–water partition coefficient (Wildman–Crippen LogP) is 1.82. The molecule has 2 heterocycles. The fourth-order valence-corrected chi connectivity index (χ4v) is 4.14. The molecular weight excluding hydrogens is 394 g/mol. The molecular formula is C20H25N3O5S. The van der Waals surface area contributed by atoms with Crippen molar-refractivity contribution < 1.29 is 23.6 Å². The van der Waals surface area contributed by atoms with E-state index in [0.717, 1.165) is 11.3 Å². The maximum absolute atomic E-state index is 13.2. The number of aryl methyl sites for hydroxylation is 1. The number of carbonyl (C=O) groups is 1. The van der Waals surface area contributed by atoms with Gasteiger partial charge in [0.1, 0.15) is 18.0 Å². The third-order valence-corrected chi connectivity index (χ3v) is 5.95. The van der Waals surface area contributed by atoms with E-state index in [2.05, 4.69) is 10.3 Å². The molecule has 1 aromatic carbocycles. The highest BCUT2D eigenvalue weighted by Gasteiger charge is 2.28. The fourth-order valence-electron chi connectivity index (χ4n) is 2.88. The van der Waals surface area contributed by atoms with Crippen LogP contribution >= 0.6 is 0 Å². The van der Waals surface area contributed by atoms with Crippen LogP contribution in [0.4, 0.5) is 5.69 Å². The molecule has 1 aliphatic rings. The summed E-state index contributed by atoms with van der Waals surface area (Å²) in [5.41, 5.74) is 0.887. The maximum atomic E-state index is 13.2.